The molecule has 138 valence electrons. The van der Waals surface area contributed by atoms with Crippen molar-refractivity contribution >= 4 is 17.6 Å². The molecule has 27 heavy (non-hydrogen) atoms. The van der Waals surface area contributed by atoms with Crippen molar-refractivity contribution in [2.45, 2.75) is 13.5 Å². The monoisotopic (exact) mass is 364 g/mol. The van der Waals surface area contributed by atoms with Crippen molar-refractivity contribution in [2.24, 2.45) is 0 Å². The predicted molar refractivity (Wildman–Crippen MR) is 101 cm³/mol. The SMILES string of the molecule is Cc1cccc(NC(=O)NCC(=O)NCc2ccnc(-n3ccnc3)c2)c1. The van der Waals surface area contributed by atoms with E-state index in [2.05, 4.69) is 25.9 Å². The number of aromatic nitrogens is 3. The van der Waals surface area contributed by atoms with Crippen LogP contribution in [0.1, 0.15) is 11.1 Å². The molecule has 3 aromatic rings. The van der Waals surface area contributed by atoms with Crippen LogP contribution in [0.15, 0.2) is 61.3 Å². The summed E-state index contributed by atoms with van der Waals surface area (Å²) in [5.74, 6) is 0.435. The minimum Gasteiger partial charge on any atom is -0.350 e. The number of carbonyl (C=O) groups is 2. The molecule has 0 aliphatic heterocycles. The highest BCUT2D eigenvalue weighted by atomic mass is 16.2. The average Bonchev–Trinajstić information content (AvgIpc) is 3.20. The third kappa shape index (κ3) is 5.40. The van der Waals surface area contributed by atoms with Gasteiger partial charge in [0.05, 0.1) is 6.54 Å². The normalized spacial score (nSPS) is 10.3. The number of aryl methyl sites for hydroxylation is 1. The molecule has 3 amide bonds. The van der Waals surface area contributed by atoms with Gasteiger partial charge in [0.25, 0.3) is 0 Å². The van der Waals surface area contributed by atoms with Crippen molar-refractivity contribution in [3.63, 3.8) is 0 Å². The van der Waals surface area contributed by atoms with Crippen LogP contribution in [-0.2, 0) is 11.3 Å². The Morgan fingerprint density at radius 2 is 2.00 bits per heavy atom. The molecule has 0 spiro atoms. The quantitative estimate of drug-likeness (QED) is 0.623. The Hall–Kier alpha value is -3.68. The van der Waals surface area contributed by atoms with E-state index < -0.39 is 6.03 Å². The lowest BCUT2D eigenvalue weighted by Crippen LogP contribution is -2.38. The maximum atomic E-state index is 12.0. The number of nitrogens with one attached hydrogen (secondary N) is 3. The minimum atomic E-state index is -0.429. The Bertz CT molecular complexity index is 923. The van der Waals surface area contributed by atoms with Crippen LogP contribution in [0.2, 0.25) is 0 Å². The summed E-state index contributed by atoms with van der Waals surface area (Å²) < 4.78 is 1.78. The second-order valence-corrected chi connectivity index (χ2v) is 5.95. The number of rotatable bonds is 6. The first-order valence-electron chi connectivity index (χ1n) is 8.41. The van der Waals surface area contributed by atoms with Gasteiger partial charge in [-0.1, -0.05) is 12.1 Å². The van der Waals surface area contributed by atoms with Crippen LogP contribution in [-0.4, -0.2) is 33.0 Å². The van der Waals surface area contributed by atoms with Crippen molar-refractivity contribution in [2.75, 3.05) is 11.9 Å². The molecule has 8 nitrogen and oxygen atoms in total. The van der Waals surface area contributed by atoms with Crippen molar-refractivity contribution in [3.8, 4) is 5.82 Å². The molecular formula is C19H20N6O2. The number of anilines is 1. The third-order valence-electron chi connectivity index (χ3n) is 3.75. The minimum absolute atomic E-state index is 0.114. The van der Waals surface area contributed by atoms with Gasteiger partial charge in [0.1, 0.15) is 12.1 Å². The molecule has 0 bridgehead atoms. The van der Waals surface area contributed by atoms with Gasteiger partial charge in [-0.3, -0.25) is 9.36 Å². The standard InChI is InChI=1S/C19H20N6O2/c1-14-3-2-4-16(9-14)24-19(27)23-12-18(26)22-11-15-5-6-21-17(10-15)25-8-7-20-13-25/h2-10,13H,11-12H2,1H3,(H,22,26)(H2,23,24,27). The molecule has 0 aliphatic rings. The summed E-state index contributed by atoms with van der Waals surface area (Å²) in [4.78, 5) is 32.1. The summed E-state index contributed by atoms with van der Waals surface area (Å²) >= 11 is 0. The van der Waals surface area contributed by atoms with Crippen LogP contribution in [0, 0.1) is 6.92 Å². The van der Waals surface area contributed by atoms with E-state index in [9.17, 15) is 9.59 Å². The Balaban J connectivity index is 1.44. The van der Waals surface area contributed by atoms with Gasteiger partial charge in [0, 0.05) is 30.8 Å². The first kappa shape index (κ1) is 18.1. The topological polar surface area (TPSA) is 101 Å². The summed E-state index contributed by atoms with van der Waals surface area (Å²) in [7, 11) is 0. The molecule has 3 rings (SSSR count). The van der Waals surface area contributed by atoms with Crippen LogP contribution in [0.5, 0.6) is 0 Å². The van der Waals surface area contributed by atoms with E-state index >= 15 is 0 Å². The maximum absolute atomic E-state index is 12.0. The zero-order chi connectivity index (χ0) is 19.1. The Morgan fingerprint density at radius 3 is 2.78 bits per heavy atom. The van der Waals surface area contributed by atoms with Gasteiger partial charge in [0.15, 0.2) is 0 Å². The third-order valence-corrected chi connectivity index (χ3v) is 3.75. The highest BCUT2D eigenvalue weighted by Gasteiger charge is 2.06. The zero-order valence-corrected chi connectivity index (χ0v) is 14.8. The van der Waals surface area contributed by atoms with Crippen LogP contribution in [0.25, 0.3) is 5.82 Å². The molecular weight excluding hydrogens is 344 g/mol. The molecule has 0 fully saturated rings. The van der Waals surface area contributed by atoms with Crippen molar-refractivity contribution in [1.82, 2.24) is 25.2 Å². The van der Waals surface area contributed by atoms with Gasteiger partial charge < -0.3 is 16.0 Å². The highest BCUT2D eigenvalue weighted by Crippen LogP contribution is 2.09. The average molecular weight is 364 g/mol. The fraction of sp³-hybridized carbons (Fsp3) is 0.158. The molecule has 0 radical (unpaired) electrons. The molecule has 0 saturated carbocycles. The van der Waals surface area contributed by atoms with Gasteiger partial charge >= 0.3 is 6.03 Å². The molecule has 0 unspecified atom stereocenters. The first-order valence-corrected chi connectivity index (χ1v) is 8.41. The van der Waals surface area contributed by atoms with E-state index in [4.69, 9.17) is 0 Å². The summed E-state index contributed by atoms with van der Waals surface area (Å²) in [5.41, 5.74) is 2.61. The predicted octanol–water partition coefficient (Wildman–Crippen LogP) is 2.01. The number of hydrogen-bond acceptors (Lipinski definition) is 4. The number of urea groups is 1. The summed E-state index contributed by atoms with van der Waals surface area (Å²) in [6, 6.07) is 10.7. The second kappa shape index (κ2) is 8.61. The van der Waals surface area contributed by atoms with Gasteiger partial charge in [-0.2, -0.15) is 0 Å². The van der Waals surface area contributed by atoms with E-state index in [1.54, 1.807) is 35.6 Å². The molecule has 3 N–H and O–H groups in total. The Kier molecular flexibility index (Phi) is 5.78. The molecule has 1 aromatic carbocycles. The van der Waals surface area contributed by atoms with E-state index in [1.807, 2.05) is 37.3 Å². The number of benzene rings is 1. The molecule has 2 aromatic heterocycles. The Morgan fingerprint density at radius 1 is 1.11 bits per heavy atom. The fourth-order valence-corrected chi connectivity index (χ4v) is 2.43. The number of nitrogens with zero attached hydrogens (tertiary/aromatic N) is 3. The van der Waals surface area contributed by atoms with Crippen LogP contribution in [0.4, 0.5) is 10.5 Å². The highest BCUT2D eigenvalue weighted by molar-refractivity contribution is 5.92. The molecule has 0 saturated heterocycles. The molecule has 8 heteroatoms. The number of imidazole rings is 1. The van der Waals surface area contributed by atoms with E-state index in [-0.39, 0.29) is 12.5 Å². The van der Waals surface area contributed by atoms with Crippen LogP contribution < -0.4 is 16.0 Å². The number of carbonyl (C=O) groups excluding carboxylic acids is 2. The van der Waals surface area contributed by atoms with Gasteiger partial charge in [-0.25, -0.2) is 14.8 Å². The van der Waals surface area contributed by atoms with Crippen LogP contribution >= 0.6 is 0 Å². The first-order chi connectivity index (χ1) is 13.1. The smallest absolute Gasteiger partial charge is 0.319 e. The second-order valence-electron chi connectivity index (χ2n) is 5.95. The van der Waals surface area contributed by atoms with Crippen molar-refractivity contribution in [3.05, 3.63) is 72.4 Å². The number of amides is 3. The zero-order valence-electron chi connectivity index (χ0n) is 14.8. The molecule has 2 heterocycles. The lowest BCUT2D eigenvalue weighted by molar-refractivity contribution is -0.120. The van der Waals surface area contributed by atoms with Crippen molar-refractivity contribution < 1.29 is 9.59 Å². The lowest BCUT2D eigenvalue weighted by Gasteiger charge is -2.09. The van der Waals surface area contributed by atoms with E-state index in [1.165, 1.54) is 0 Å². The molecule has 0 aliphatic carbocycles. The van der Waals surface area contributed by atoms with Gasteiger partial charge in [-0.05, 0) is 42.3 Å². The van der Waals surface area contributed by atoms with Gasteiger partial charge in [0.2, 0.25) is 5.91 Å². The van der Waals surface area contributed by atoms with Crippen molar-refractivity contribution in [1.29, 1.82) is 0 Å². The van der Waals surface area contributed by atoms with E-state index in [0.29, 0.717) is 12.2 Å². The van der Waals surface area contributed by atoms with Crippen LogP contribution in [0.3, 0.4) is 0 Å². The lowest BCUT2D eigenvalue weighted by atomic mass is 10.2. The van der Waals surface area contributed by atoms with Gasteiger partial charge in [-0.15, -0.1) is 0 Å². The molecule has 0 atom stereocenters. The number of hydrogen-bond donors (Lipinski definition) is 3. The summed E-state index contributed by atoms with van der Waals surface area (Å²) in [6.07, 6.45) is 6.79. The maximum Gasteiger partial charge on any atom is 0.319 e. The van der Waals surface area contributed by atoms with E-state index in [0.717, 1.165) is 16.9 Å². The summed E-state index contributed by atoms with van der Waals surface area (Å²) in [5, 5.41) is 7.99. The largest absolute Gasteiger partial charge is 0.350 e. The summed E-state index contributed by atoms with van der Waals surface area (Å²) in [6.45, 7) is 2.16. The Labute approximate surface area is 156 Å². The fourth-order valence-electron chi connectivity index (χ4n) is 2.43. The number of pyridine rings is 1.